The molecule has 1 fully saturated rings. The molecule has 1 aliphatic rings. The Hall–Kier alpha value is -0.110. The van der Waals surface area contributed by atoms with Crippen LogP contribution in [0.3, 0.4) is 0 Å². The van der Waals surface area contributed by atoms with Crippen LogP contribution in [0, 0.1) is 0 Å². The van der Waals surface area contributed by atoms with Gasteiger partial charge in [-0.1, -0.05) is 0 Å². The van der Waals surface area contributed by atoms with Crippen LogP contribution in [0.2, 0.25) is 0 Å². The van der Waals surface area contributed by atoms with Gasteiger partial charge in [-0.25, -0.2) is 4.39 Å². The van der Waals surface area contributed by atoms with Crippen LogP contribution in [0.1, 0.15) is 12.8 Å². The molecule has 1 heterocycles. The zero-order valence-corrected chi connectivity index (χ0v) is 4.28. The van der Waals surface area contributed by atoms with Crippen LogP contribution in [0.15, 0.2) is 0 Å². The Morgan fingerprint density at radius 1 is 1.71 bits per heavy atom. The van der Waals surface area contributed by atoms with Gasteiger partial charge < -0.3 is 5.32 Å². The molecule has 1 unspecified atom stereocenters. The van der Waals surface area contributed by atoms with Gasteiger partial charge in [0.1, 0.15) is 6.67 Å². The van der Waals surface area contributed by atoms with Gasteiger partial charge in [0.05, 0.1) is 0 Å². The molecule has 1 rings (SSSR count). The van der Waals surface area contributed by atoms with E-state index < -0.39 is 0 Å². The third-order valence-corrected chi connectivity index (χ3v) is 1.35. The SMILES string of the molecule is FCC1CCCN1. The van der Waals surface area contributed by atoms with Crippen molar-refractivity contribution in [3.63, 3.8) is 0 Å². The second-order valence-corrected chi connectivity index (χ2v) is 1.95. The molecule has 1 nitrogen and oxygen atoms in total. The summed E-state index contributed by atoms with van der Waals surface area (Å²) < 4.78 is 11.6. The minimum absolute atomic E-state index is 0.181. The number of alkyl halides is 1. The fourth-order valence-electron chi connectivity index (χ4n) is 0.888. The summed E-state index contributed by atoms with van der Waals surface area (Å²) in [7, 11) is 0. The molecule has 0 radical (unpaired) electrons. The van der Waals surface area contributed by atoms with E-state index in [0.29, 0.717) is 0 Å². The van der Waals surface area contributed by atoms with Crippen LogP contribution in [-0.2, 0) is 0 Å². The zero-order chi connectivity index (χ0) is 5.11. The Morgan fingerprint density at radius 2 is 2.57 bits per heavy atom. The van der Waals surface area contributed by atoms with Crippen LogP contribution in [0.25, 0.3) is 0 Å². The lowest BCUT2D eigenvalue weighted by Crippen LogP contribution is -2.22. The smallest absolute Gasteiger partial charge is 0.105 e. The summed E-state index contributed by atoms with van der Waals surface area (Å²) in [5, 5.41) is 3.03. The van der Waals surface area contributed by atoms with E-state index in [0.717, 1.165) is 19.4 Å². The Bertz CT molecular complexity index is 50.0. The molecule has 1 saturated heterocycles. The normalized spacial score (nSPS) is 31.3. The minimum Gasteiger partial charge on any atom is -0.311 e. The van der Waals surface area contributed by atoms with Gasteiger partial charge in [0, 0.05) is 6.04 Å². The third kappa shape index (κ3) is 1.13. The third-order valence-electron chi connectivity index (χ3n) is 1.35. The molecule has 7 heavy (non-hydrogen) atoms. The maximum absolute atomic E-state index is 11.6. The van der Waals surface area contributed by atoms with Gasteiger partial charge in [0.2, 0.25) is 0 Å². The first-order valence-electron chi connectivity index (χ1n) is 2.73. The Labute approximate surface area is 42.9 Å². The van der Waals surface area contributed by atoms with E-state index in [1.165, 1.54) is 0 Å². The molecule has 0 saturated carbocycles. The highest BCUT2D eigenvalue weighted by molar-refractivity contribution is 4.72. The van der Waals surface area contributed by atoms with Crippen molar-refractivity contribution >= 4 is 0 Å². The van der Waals surface area contributed by atoms with Gasteiger partial charge in [-0.2, -0.15) is 0 Å². The van der Waals surface area contributed by atoms with E-state index in [2.05, 4.69) is 5.32 Å². The highest BCUT2D eigenvalue weighted by atomic mass is 19.1. The summed E-state index contributed by atoms with van der Waals surface area (Å²) >= 11 is 0. The lowest BCUT2D eigenvalue weighted by molar-refractivity contribution is 0.406. The molecule has 1 atom stereocenters. The Balaban J connectivity index is 2.14. The van der Waals surface area contributed by atoms with Crippen molar-refractivity contribution in [1.29, 1.82) is 0 Å². The number of halogens is 1. The summed E-state index contributed by atoms with van der Waals surface area (Å²) in [4.78, 5) is 0. The van der Waals surface area contributed by atoms with Crippen molar-refractivity contribution in [2.24, 2.45) is 0 Å². The fraction of sp³-hybridized carbons (Fsp3) is 1.00. The summed E-state index contributed by atoms with van der Waals surface area (Å²) in [6.07, 6.45) is 2.17. The lowest BCUT2D eigenvalue weighted by Gasteiger charge is -1.99. The summed E-state index contributed by atoms with van der Waals surface area (Å²) in [6.45, 7) is 0.814. The molecule has 1 aliphatic heterocycles. The molecule has 2 heteroatoms. The van der Waals surface area contributed by atoms with Crippen LogP contribution in [0.5, 0.6) is 0 Å². The minimum atomic E-state index is -0.194. The lowest BCUT2D eigenvalue weighted by atomic mass is 10.2. The van der Waals surface area contributed by atoms with Gasteiger partial charge in [-0.3, -0.25) is 0 Å². The quantitative estimate of drug-likeness (QED) is 0.515. The average Bonchev–Trinajstić information content (AvgIpc) is 2.14. The molecule has 0 aromatic heterocycles. The number of nitrogens with one attached hydrogen (secondary N) is 1. The van der Waals surface area contributed by atoms with Crippen LogP contribution in [0.4, 0.5) is 4.39 Å². The first kappa shape index (κ1) is 5.04. The van der Waals surface area contributed by atoms with E-state index in [1.807, 2.05) is 0 Å². The maximum atomic E-state index is 11.6. The largest absolute Gasteiger partial charge is 0.311 e. The summed E-state index contributed by atoms with van der Waals surface area (Å²) in [5.74, 6) is 0. The van der Waals surface area contributed by atoms with E-state index in [-0.39, 0.29) is 12.7 Å². The molecule has 0 aliphatic carbocycles. The van der Waals surface area contributed by atoms with Gasteiger partial charge >= 0.3 is 0 Å². The fourth-order valence-corrected chi connectivity index (χ4v) is 0.888. The van der Waals surface area contributed by atoms with Crippen molar-refractivity contribution in [3.8, 4) is 0 Å². The molecule has 42 valence electrons. The predicted molar refractivity (Wildman–Crippen MR) is 27.0 cm³/mol. The highest BCUT2D eigenvalue weighted by Crippen LogP contribution is 2.03. The molecule has 0 amide bonds. The topological polar surface area (TPSA) is 12.0 Å². The number of rotatable bonds is 1. The van der Waals surface area contributed by atoms with Crippen molar-refractivity contribution in [2.75, 3.05) is 13.2 Å². The summed E-state index contributed by atoms with van der Waals surface area (Å²) in [6, 6.07) is 0.181. The van der Waals surface area contributed by atoms with E-state index in [1.54, 1.807) is 0 Å². The molecule has 0 aromatic rings. The van der Waals surface area contributed by atoms with Gasteiger partial charge in [-0.05, 0) is 19.4 Å². The van der Waals surface area contributed by atoms with Crippen molar-refractivity contribution in [3.05, 3.63) is 0 Å². The Kier molecular flexibility index (Phi) is 1.63. The van der Waals surface area contributed by atoms with E-state index in [9.17, 15) is 4.39 Å². The molecule has 0 bridgehead atoms. The Morgan fingerprint density at radius 3 is 2.86 bits per heavy atom. The molecule has 0 spiro atoms. The molecule has 0 aromatic carbocycles. The number of hydrogen-bond acceptors (Lipinski definition) is 1. The number of hydrogen-bond donors (Lipinski definition) is 1. The second-order valence-electron chi connectivity index (χ2n) is 1.95. The van der Waals surface area contributed by atoms with Crippen LogP contribution < -0.4 is 5.32 Å². The van der Waals surface area contributed by atoms with Gasteiger partial charge in [0.15, 0.2) is 0 Å². The monoisotopic (exact) mass is 103 g/mol. The average molecular weight is 103 g/mol. The molecular formula is C5H10FN. The standard InChI is InChI=1S/C5H10FN/c6-4-5-2-1-3-7-5/h5,7H,1-4H2. The van der Waals surface area contributed by atoms with Gasteiger partial charge in [-0.15, -0.1) is 0 Å². The molecular weight excluding hydrogens is 93.1 g/mol. The first-order chi connectivity index (χ1) is 3.43. The maximum Gasteiger partial charge on any atom is 0.105 e. The van der Waals surface area contributed by atoms with Crippen molar-refractivity contribution in [2.45, 2.75) is 18.9 Å². The first-order valence-corrected chi connectivity index (χ1v) is 2.73. The van der Waals surface area contributed by atoms with E-state index >= 15 is 0 Å². The van der Waals surface area contributed by atoms with Crippen molar-refractivity contribution in [1.82, 2.24) is 5.32 Å². The summed E-state index contributed by atoms with van der Waals surface area (Å²) in [5.41, 5.74) is 0. The second kappa shape index (κ2) is 2.26. The molecule has 1 N–H and O–H groups in total. The van der Waals surface area contributed by atoms with E-state index in [4.69, 9.17) is 0 Å². The zero-order valence-electron chi connectivity index (χ0n) is 4.28. The van der Waals surface area contributed by atoms with Crippen LogP contribution in [-0.4, -0.2) is 19.3 Å². The van der Waals surface area contributed by atoms with Crippen molar-refractivity contribution < 1.29 is 4.39 Å². The predicted octanol–water partition coefficient (Wildman–Crippen LogP) is 0.708. The van der Waals surface area contributed by atoms with Gasteiger partial charge in [0.25, 0.3) is 0 Å². The highest BCUT2D eigenvalue weighted by Gasteiger charge is 2.11. The van der Waals surface area contributed by atoms with Crippen LogP contribution >= 0.6 is 0 Å².